The van der Waals surface area contributed by atoms with Crippen LogP contribution < -0.4 is 0 Å². The molecular formula is C12H21N3O3. The fourth-order valence-corrected chi connectivity index (χ4v) is 1.94. The van der Waals surface area contributed by atoms with Gasteiger partial charge in [-0.15, -0.1) is 5.10 Å². The summed E-state index contributed by atoms with van der Waals surface area (Å²) in [5, 5.41) is 17.0. The molecule has 0 aliphatic heterocycles. The lowest BCUT2D eigenvalue weighted by Gasteiger charge is -2.16. The number of hydrogen-bond donors (Lipinski definition) is 1. The Balaban J connectivity index is 2.97. The SMILES string of the molecule is COCCC(C)n1nnc(CC(=O)O)c1C(C)C. The molecule has 6 nitrogen and oxygen atoms in total. The van der Waals surface area contributed by atoms with E-state index in [-0.39, 0.29) is 18.4 Å². The smallest absolute Gasteiger partial charge is 0.309 e. The Kier molecular flexibility index (Phi) is 5.27. The molecule has 0 saturated carbocycles. The van der Waals surface area contributed by atoms with E-state index in [0.29, 0.717) is 12.3 Å². The van der Waals surface area contributed by atoms with E-state index in [1.165, 1.54) is 0 Å². The first kappa shape index (κ1) is 14.6. The lowest BCUT2D eigenvalue weighted by molar-refractivity contribution is -0.136. The first-order valence-corrected chi connectivity index (χ1v) is 6.12. The fourth-order valence-electron chi connectivity index (χ4n) is 1.94. The molecule has 6 heteroatoms. The van der Waals surface area contributed by atoms with Gasteiger partial charge in [0.05, 0.1) is 23.9 Å². The van der Waals surface area contributed by atoms with Gasteiger partial charge >= 0.3 is 5.97 Å². The molecule has 1 heterocycles. The first-order chi connectivity index (χ1) is 8.47. The fraction of sp³-hybridized carbons (Fsp3) is 0.750. The van der Waals surface area contributed by atoms with Gasteiger partial charge in [-0.2, -0.15) is 0 Å². The largest absolute Gasteiger partial charge is 0.481 e. The number of carboxylic acids is 1. The number of carboxylic acid groups (broad SMARTS) is 1. The molecule has 0 spiro atoms. The third-order valence-corrected chi connectivity index (χ3v) is 2.83. The van der Waals surface area contributed by atoms with Crippen molar-refractivity contribution in [3.8, 4) is 0 Å². The van der Waals surface area contributed by atoms with Crippen LogP contribution in [0.1, 0.15) is 50.5 Å². The number of methoxy groups -OCH3 is 1. The predicted octanol–water partition coefficient (Wildman–Crippen LogP) is 1.63. The molecule has 1 rings (SSSR count). The van der Waals surface area contributed by atoms with E-state index in [1.54, 1.807) is 7.11 Å². The summed E-state index contributed by atoms with van der Waals surface area (Å²) in [6.45, 7) is 6.71. The van der Waals surface area contributed by atoms with E-state index in [4.69, 9.17) is 9.84 Å². The van der Waals surface area contributed by atoms with Gasteiger partial charge in [-0.25, -0.2) is 4.68 Å². The number of hydrogen-bond acceptors (Lipinski definition) is 4. The summed E-state index contributed by atoms with van der Waals surface area (Å²) in [6, 6.07) is 0.150. The number of ether oxygens (including phenoxy) is 1. The van der Waals surface area contributed by atoms with Crippen molar-refractivity contribution >= 4 is 5.97 Å². The molecule has 0 aliphatic carbocycles. The Labute approximate surface area is 107 Å². The van der Waals surface area contributed by atoms with Crippen molar-refractivity contribution in [2.45, 2.75) is 45.6 Å². The molecule has 0 aliphatic rings. The van der Waals surface area contributed by atoms with Gasteiger partial charge in [-0.05, 0) is 19.3 Å². The molecule has 0 bridgehead atoms. The summed E-state index contributed by atoms with van der Waals surface area (Å²) in [5.74, 6) is -0.687. The van der Waals surface area contributed by atoms with Crippen molar-refractivity contribution in [1.29, 1.82) is 0 Å². The van der Waals surface area contributed by atoms with Gasteiger partial charge in [0.15, 0.2) is 0 Å². The highest BCUT2D eigenvalue weighted by Crippen LogP contribution is 2.22. The zero-order valence-corrected chi connectivity index (χ0v) is 11.4. The minimum atomic E-state index is -0.881. The van der Waals surface area contributed by atoms with Crippen molar-refractivity contribution < 1.29 is 14.6 Å². The van der Waals surface area contributed by atoms with Gasteiger partial charge in [-0.1, -0.05) is 19.1 Å². The van der Waals surface area contributed by atoms with Gasteiger partial charge in [0.1, 0.15) is 0 Å². The molecule has 18 heavy (non-hydrogen) atoms. The molecule has 0 fully saturated rings. The van der Waals surface area contributed by atoms with Crippen molar-refractivity contribution in [3.63, 3.8) is 0 Å². The maximum Gasteiger partial charge on any atom is 0.309 e. The maximum absolute atomic E-state index is 10.8. The number of carbonyl (C=O) groups is 1. The van der Waals surface area contributed by atoms with Crippen LogP contribution in [0.3, 0.4) is 0 Å². The molecule has 0 saturated heterocycles. The third-order valence-electron chi connectivity index (χ3n) is 2.83. The van der Waals surface area contributed by atoms with E-state index in [9.17, 15) is 4.79 Å². The van der Waals surface area contributed by atoms with Gasteiger partial charge in [0.25, 0.3) is 0 Å². The molecule has 1 unspecified atom stereocenters. The second-order valence-electron chi connectivity index (χ2n) is 4.72. The van der Waals surface area contributed by atoms with Crippen molar-refractivity contribution in [3.05, 3.63) is 11.4 Å². The predicted molar refractivity (Wildman–Crippen MR) is 66.7 cm³/mol. The standard InChI is InChI=1S/C12H21N3O3/c1-8(2)12-10(7-11(16)17)13-14-15(12)9(3)5-6-18-4/h8-9H,5-7H2,1-4H3,(H,16,17). The molecule has 0 radical (unpaired) electrons. The lowest BCUT2D eigenvalue weighted by atomic mass is 10.1. The Morgan fingerprint density at radius 1 is 1.44 bits per heavy atom. The summed E-state index contributed by atoms with van der Waals surface area (Å²) in [7, 11) is 1.66. The third kappa shape index (κ3) is 3.53. The molecule has 0 amide bonds. The first-order valence-electron chi connectivity index (χ1n) is 6.12. The number of aromatic nitrogens is 3. The molecule has 1 aromatic heterocycles. The van der Waals surface area contributed by atoms with Gasteiger partial charge in [0.2, 0.25) is 0 Å². The monoisotopic (exact) mass is 255 g/mol. The lowest BCUT2D eigenvalue weighted by Crippen LogP contribution is -2.15. The van der Waals surface area contributed by atoms with Gasteiger partial charge in [-0.3, -0.25) is 4.79 Å². The second kappa shape index (κ2) is 6.49. The van der Waals surface area contributed by atoms with E-state index in [1.807, 2.05) is 25.5 Å². The van der Waals surface area contributed by atoms with E-state index < -0.39 is 5.97 Å². The highest BCUT2D eigenvalue weighted by molar-refractivity contribution is 5.69. The van der Waals surface area contributed by atoms with Crippen LogP contribution in [0.4, 0.5) is 0 Å². The molecule has 102 valence electrons. The van der Waals surface area contributed by atoms with Crippen molar-refractivity contribution in [2.75, 3.05) is 13.7 Å². The Hall–Kier alpha value is -1.43. The summed E-state index contributed by atoms with van der Waals surface area (Å²) < 4.78 is 6.87. The normalized spacial score (nSPS) is 12.9. The minimum absolute atomic E-state index is 0.0789. The summed E-state index contributed by atoms with van der Waals surface area (Å²) >= 11 is 0. The average molecular weight is 255 g/mol. The molecule has 0 aromatic carbocycles. The van der Waals surface area contributed by atoms with Gasteiger partial charge in [0, 0.05) is 13.7 Å². The maximum atomic E-state index is 10.8. The van der Waals surface area contributed by atoms with E-state index >= 15 is 0 Å². The van der Waals surface area contributed by atoms with Crippen LogP contribution in [0, 0.1) is 0 Å². The molecule has 1 atom stereocenters. The Morgan fingerprint density at radius 3 is 2.61 bits per heavy atom. The van der Waals surface area contributed by atoms with Crippen LogP contribution in [-0.2, 0) is 16.0 Å². The van der Waals surface area contributed by atoms with Crippen LogP contribution in [0.25, 0.3) is 0 Å². The summed E-state index contributed by atoms with van der Waals surface area (Å²) in [6.07, 6.45) is 0.747. The quantitative estimate of drug-likeness (QED) is 0.801. The highest BCUT2D eigenvalue weighted by Gasteiger charge is 2.21. The Bertz CT molecular complexity index is 401. The zero-order chi connectivity index (χ0) is 13.7. The number of rotatable bonds is 7. The van der Waals surface area contributed by atoms with Crippen LogP contribution in [0.5, 0.6) is 0 Å². The molecule has 1 aromatic rings. The van der Waals surface area contributed by atoms with Crippen LogP contribution in [0.15, 0.2) is 0 Å². The van der Waals surface area contributed by atoms with Gasteiger partial charge < -0.3 is 9.84 Å². The van der Waals surface area contributed by atoms with Crippen LogP contribution in [-0.4, -0.2) is 39.8 Å². The number of aliphatic carboxylic acids is 1. The van der Waals surface area contributed by atoms with E-state index in [2.05, 4.69) is 10.3 Å². The molecular weight excluding hydrogens is 234 g/mol. The zero-order valence-electron chi connectivity index (χ0n) is 11.4. The Morgan fingerprint density at radius 2 is 2.11 bits per heavy atom. The summed E-state index contributed by atoms with van der Waals surface area (Å²) in [4.78, 5) is 10.8. The van der Waals surface area contributed by atoms with E-state index in [0.717, 1.165) is 12.1 Å². The number of nitrogens with zero attached hydrogens (tertiary/aromatic N) is 3. The van der Waals surface area contributed by atoms with Crippen LogP contribution in [0.2, 0.25) is 0 Å². The van der Waals surface area contributed by atoms with Crippen molar-refractivity contribution in [2.24, 2.45) is 0 Å². The average Bonchev–Trinajstić information content (AvgIpc) is 2.68. The van der Waals surface area contributed by atoms with Crippen LogP contribution >= 0.6 is 0 Å². The minimum Gasteiger partial charge on any atom is -0.481 e. The van der Waals surface area contributed by atoms with Crippen molar-refractivity contribution in [1.82, 2.24) is 15.0 Å². The second-order valence-corrected chi connectivity index (χ2v) is 4.72. The summed E-state index contributed by atoms with van der Waals surface area (Å²) in [5.41, 5.74) is 1.46. The topological polar surface area (TPSA) is 77.2 Å². The highest BCUT2D eigenvalue weighted by atomic mass is 16.5. The molecule has 1 N–H and O–H groups in total.